The molecule has 12 nitrogen and oxygen atoms in total. The zero-order valence-corrected chi connectivity index (χ0v) is 25.0. The molecule has 0 fully saturated rings. The summed E-state index contributed by atoms with van der Waals surface area (Å²) in [6.07, 6.45) is 0. The van der Waals surface area contributed by atoms with Crippen molar-refractivity contribution in [2.24, 2.45) is 0 Å². The number of thioether (sulfide) groups is 1. The number of hydrogen-bond acceptors (Lipinski definition) is 7. The van der Waals surface area contributed by atoms with Crippen molar-refractivity contribution in [1.29, 1.82) is 0 Å². The summed E-state index contributed by atoms with van der Waals surface area (Å²) in [4.78, 5) is 61.8. The first-order valence-electron chi connectivity index (χ1n) is 11.9. The molecule has 4 rings (SSSR count). The van der Waals surface area contributed by atoms with Gasteiger partial charge in [-0.2, -0.15) is 0 Å². The highest BCUT2D eigenvalue weighted by Crippen LogP contribution is 2.21. The van der Waals surface area contributed by atoms with E-state index >= 15 is 0 Å². The van der Waals surface area contributed by atoms with E-state index in [9.17, 15) is 19.2 Å². The van der Waals surface area contributed by atoms with Crippen molar-refractivity contribution in [2.75, 3.05) is 0 Å². The molecule has 220 valence electrons. The SMILES string of the molecule is O=C(O)c1cccc(CCl)c1.[C-]#[N+]c1c(C)[nH]c(=S)[nH]c1=O.[C-]#[N+]c1c(C)nc(SCc2cccc(C(=O)O)c2)[nH]c1=O. The Morgan fingerprint density at radius 3 is 1.93 bits per heavy atom. The first-order valence-corrected chi connectivity index (χ1v) is 13.8. The molecule has 0 amide bonds. The Kier molecular flexibility index (Phi) is 13.1. The van der Waals surface area contributed by atoms with E-state index in [0.717, 1.165) is 11.1 Å². The molecule has 2 aromatic heterocycles. The topological polar surface area (TPSA) is 178 Å². The second-order valence-electron chi connectivity index (χ2n) is 8.34. The van der Waals surface area contributed by atoms with E-state index in [1.54, 1.807) is 56.3 Å². The number of nitrogens with one attached hydrogen (secondary N) is 3. The largest absolute Gasteiger partial charge is 0.478 e. The van der Waals surface area contributed by atoms with Crippen molar-refractivity contribution >= 4 is 58.9 Å². The fourth-order valence-corrected chi connectivity index (χ4v) is 4.48. The summed E-state index contributed by atoms with van der Waals surface area (Å²) in [5.41, 5.74) is 2.20. The average molecular weight is 639 g/mol. The van der Waals surface area contributed by atoms with Crippen LogP contribution in [0.2, 0.25) is 0 Å². The molecule has 2 aromatic carbocycles. The Balaban J connectivity index is 0.000000247. The minimum atomic E-state index is -0.981. The van der Waals surface area contributed by atoms with Crippen molar-refractivity contribution in [3.05, 3.63) is 130 Å². The number of aromatic amines is 3. The summed E-state index contributed by atoms with van der Waals surface area (Å²) in [7, 11) is 0. The molecule has 0 unspecified atom stereocenters. The first kappa shape index (κ1) is 34.2. The molecule has 4 aromatic rings. The van der Waals surface area contributed by atoms with Crippen LogP contribution in [0.25, 0.3) is 9.69 Å². The molecule has 43 heavy (non-hydrogen) atoms. The number of carboxylic acids is 2. The molecule has 0 atom stereocenters. The Bertz CT molecular complexity index is 1910. The van der Waals surface area contributed by atoms with E-state index in [1.807, 2.05) is 0 Å². The molecule has 0 radical (unpaired) electrons. The lowest BCUT2D eigenvalue weighted by Gasteiger charge is -2.04. The fraction of sp³-hybridized carbons (Fsp3) is 0.143. The summed E-state index contributed by atoms with van der Waals surface area (Å²) in [5, 5.41) is 17.9. The van der Waals surface area contributed by atoms with Gasteiger partial charge in [0.1, 0.15) is 0 Å². The summed E-state index contributed by atoms with van der Waals surface area (Å²) in [5.74, 6) is -1.08. The number of halogens is 1. The zero-order valence-electron chi connectivity index (χ0n) is 22.6. The number of H-pyrrole nitrogens is 3. The molecule has 0 bridgehead atoms. The van der Waals surface area contributed by atoms with E-state index in [-0.39, 0.29) is 27.3 Å². The molecule has 0 spiro atoms. The molecular weight excluding hydrogens is 616 g/mol. The first-order chi connectivity index (χ1) is 20.4. The predicted molar refractivity (Wildman–Crippen MR) is 165 cm³/mol. The van der Waals surface area contributed by atoms with Gasteiger partial charge in [-0.25, -0.2) is 24.3 Å². The highest BCUT2D eigenvalue weighted by Gasteiger charge is 2.09. The number of aryl methyl sites for hydroxylation is 2. The molecular formula is C28H23ClN6O6S2. The van der Waals surface area contributed by atoms with Crippen LogP contribution in [0.4, 0.5) is 11.4 Å². The Hall–Kier alpha value is -5.02. The Morgan fingerprint density at radius 1 is 0.907 bits per heavy atom. The molecule has 5 N–H and O–H groups in total. The van der Waals surface area contributed by atoms with Gasteiger partial charge < -0.3 is 25.2 Å². The monoisotopic (exact) mass is 638 g/mol. The van der Waals surface area contributed by atoms with Gasteiger partial charge in [-0.3, -0.25) is 9.59 Å². The lowest BCUT2D eigenvalue weighted by atomic mass is 10.1. The van der Waals surface area contributed by atoms with Gasteiger partial charge in [0, 0.05) is 17.3 Å². The third-order valence-corrected chi connectivity index (χ3v) is 6.70. The van der Waals surface area contributed by atoms with Gasteiger partial charge in [-0.1, -0.05) is 36.0 Å². The molecule has 0 aliphatic carbocycles. The second kappa shape index (κ2) is 16.4. The quantitative estimate of drug-likeness (QED) is 0.0554. The van der Waals surface area contributed by atoms with Crippen molar-refractivity contribution in [1.82, 2.24) is 19.9 Å². The van der Waals surface area contributed by atoms with Gasteiger partial charge in [-0.05, 0) is 61.5 Å². The van der Waals surface area contributed by atoms with Crippen molar-refractivity contribution in [3.63, 3.8) is 0 Å². The lowest BCUT2D eigenvalue weighted by molar-refractivity contribution is 0.0686. The fourth-order valence-electron chi connectivity index (χ4n) is 3.22. The summed E-state index contributed by atoms with van der Waals surface area (Å²) < 4.78 is 0.250. The van der Waals surface area contributed by atoms with Crippen LogP contribution in [0.5, 0.6) is 0 Å². The second-order valence-corrected chi connectivity index (χ2v) is 9.98. The van der Waals surface area contributed by atoms with E-state index in [4.69, 9.17) is 35.0 Å². The minimum Gasteiger partial charge on any atom is -0.478 e. The number of nitrogens with zero attached hydrogens (tertiary/aromatic N) is 3. The number of rotatable bonds is 6. The molecule has 0 saturated carbocycles. The van der Waals surface area contributed by atoms with Crippen LogP contribution in [-0.2, 0) is 11.6 Å². The van der Waals surface area contributed by atoms with E-state index < -0.39 is 23.1 Å². The van der Waals surface area contributed by atoms with Crippen LogP contribution in [0, 0.1) is 31.8 Å². The average Bonchev–Trinajstić information content (AvgIpc) is 2.96. The molecule has 0 aliphatic heterocycles. The van der Waals surface area contributed by atoms with Crippen LogP contribution < -0.4 is 11.1 Å². The van der Waals surface area contributed by atoms with Gasteiger partial charge in [0.05, 0.1) is 30.0 Å². The predicted octanol–water partition coefficient (Wildman–Crippen LogP) is 6.03. The lowest BCUT2D eigenvalue weighted by Crippen LogP contribution is -2.09. The van der Waals surface area contributed by atoms with Crippen LogP contribution >= 0.6 is 35.6 Å². The number of alkyl halides is 1. The molecule has 0 saturated heterocycles. The maximum atomic E-state index is 11.6. The van der Waals surface area contributed by atoms with Crippen LogP contribution in [0.15, 0.2) is 63.3 Å². The van der Waals surface area contributed by atoms with Gasteiger partial charge in [0.2, 0.25) is 0 Å². The number of hydrogen-bond donors (Lipinski definition) is 5. The van der Waals surface area contributed by atoms with Gasteiger partial charge in [0.15, 0.2) is 9.93 Å². The van der Waals surface area contributed by atoms with Crippen molar-refractivity contribution < 1.29 is 19.8 Å². The van der Waals surface area contributed by atoms with Crippen LogP contribution in [0.3, 0.4) is 0 Å². The summed E-state index contributed by atoms with van der Waals surface area (Å²) in [6, 6.07) is 13.1. The van der Waals surface area contributed by atoms with E-state index in [2.05, 4.69) is 41.8 Å². The van der Waals surface area contributed by atoms with Crippen LogP contribution in [0.1, 0.15) is 43.2 Å². The zero-order chi connectivity index (χ0) is 32.1. The molecule has 0 aliphatic rings. The highest BCUT2D eigenvalue weighted by molar-refractivity contribution is 7.98. The van der Waals surface area contributed by atoms with E-state index in [1.165, 1.54) is 17.8 Å². The van der Waals surface area contributed by atoms with E-state index in [0.29, 0.717) is 28.2 Å². The smallest absolute Gasteiger partial charge is 0.335 e. The number of aromatic carboxylic acids is 2. The normalized spacial score (nSPS) is 9.70. The number of carboxylic acid groups (broad SMARTS) is 2. The number of benzene rings is 2. The maximum absolute atomic E-state index is 11.6. The molecule has 2 heterocycles. The van der Waals surface area contributed by atoms with Gasteiger partial charge in [0.25, 0.3) is 22.5 Å². The summed E-state index contributed by atoms with van der Waals surface area (Å²) >= 11 is 11.5. The van der Waals surface area contributed by atoms with Crippen molar-refractivity contribution in [3.8, 4) is 0 Å². The number of aromatic nitrogens is 4. The van der Waals surface area contributed by atoms with Gasteiger partial charge in [-0.15, -0.1) is 11.6 Å². The molecule has 15 heteroatoms. The standard InChI is InChI=1S/C14H11N3O3S.C8H7ClO2.C6H5N3OS/c1-8-11(15-2)12(18)17-14(16-8)21-7-9-4-3-5-10(6-9)13(19)20;9-5-6-2-1-3-7(4-6)8(10)11;1-3-4(7-2)5(10)9-6(11)8-3/h3-6H,7H2,1H3,(H,19,20)(H,16,17,18);1-4H,5H2,(H,10,11);1H3,(H2,8,9,10,11). The highest BCUT2D eigenvalue weighted by atomic mass is 35.5. The third-order valence-electron chi connectivity index (χ3n) is 5.25. The number of carbonyl (C=O) groups is 2. The Morgan fingerprint density at radius 2 is 1.44 bits per heavy atom. The minimum absolute atomic E-state index is 0.00720. The maximum Gasteiger partial charge on any atom is 0.335 e. The van der Waals surface area contributed by atoms with Gasteiger partial charge >= 0.3 is 11.9 Å². The summed E-state index contributed by atoms with van der Waals surface area (Å²) in [6.45, 7) is 16.8. The third kappa shape index (κ3) is 10.4. The Labute approximate surface area is 259 Å². The van der Waals surface area contributed by atoms with Crippen molar-refractivity contribution in [2.45, 2.75) is 30.6 Å². The van der Waals surface area contributed by atoms with Crippen LogP contribution in [-0.4, -0.2) is 42.1 Å².